The van der Waals surface area contributed by atoms with Gasteiger partial charge in [-0.2, -0.15) is 4.31 Å². The summed E-state index contributed by atoms with van der Waals surface area (Å²) in [6, 6.07) is 0. The Morgan fingerprint density at radius 3 is 2.29 bits per heavy atom. The minimum absolute atomic E-state index is 0.258. The zero-order valence-corrected chi connectivity index (χ0v) is 14.2. The van der Waals surface area contributed by atoms with E-state index < -0.39 is 15.6 Å². The lowest BCUT2D eigenvalue weighted by Gasteiger charge is -2.34. The minimum atomic E-state index is -3.08. The van der Waals surface area contributed by atoms with Crippen molar-refractivity contribution in [3.63, 3.8) is 0 Å². The monoisotopic (exact) mass is 321 g/mol. The zero-order valence-electron chi connectivity index (χ0n) is 13.4. The maximum absolute atomic E-state index is 11.7. The first kappa shape index (κ1) is 18.3. The summed E-state index contributed by atoms with van der Waals surface area (Å²) in [5, 5.41) is 3.01. The lowest BCUT2D eigenvalue weighted by Crippen LogP contribution is -2.50. The molecule has 1 aliphatic heterocycles. The van der Waals surface area contributed by atoms with Crippen molar-refractivity contribution in [2.24, 2.45) is 0 Å². The first-order valence-electron chi connectivity index (χ1n) is 7.18. The fourth-order valence-electron chi connectivity index (χ4n) is 2.50. The van der Waals surface area contributed by atoms with Crippen LogP contribution in [-0.2, 0) is 19.6 Å². The summed E-state index contributed by atoms with van der Waals surface area (Å²) in [5.41, 5.74) is -0.663. The molecule has 0 bridgehead atoms. The predicted octanol–water partition coefficient (Wildman–Crippen LogP) is -0.505. The number of ether oxygens (including phenoxy) is 1. The van der Waals surface area contributed by atoms with Crippen molar-refractivity contribution in [3.8, 4) is 0 Å². The van der Waals surface area contributed by atoms with Crippen LogP contribution in [0.3, 0.4) is 0 Å². The van der Waals surface area contributed by atoms with Gasteiger partial charge in [-0.3, -0.25) is 4.79 Å². The lowest BCUT2D eigenvalue weighted by atomic mass is 9.96. The van der Waals surface area contributed by atoms with Gasteiger partial charge in [-0.15, -0.1) is 0 Å². The number of carbonyl (C=O) groups excluding carboxylic acids is 1. The molecule has 8 heteroatoms. The molecule has 1 atom stereocenters. The molecule has 1 aliphatic rings. The van der Waals surface area contributed by atoms with Crippen molar-refractivity contribution in [2.45, 2.75) is 25.3 Å². The van der Waals surface area contributed by atoms with Gasteiger partial charge in [-0.1, -0.05) is 0 Å². The van der Waals surface area contributed by atoms with Gasteiger partial charge >= 0.3 is 5.97 Å². The van der Waals surface area contributed by atoms with E-state index in [4.69, 9.17) is 4.74 Å². The maximum Gasteiger partial charge on any atom is 0.325 e. The van der Waals surface area contributed by atoms with Crippen molar-refractivity contribution in [1.82, 2.24) is 14.5 Å². The van der Waals surface area contributed by atoms with Gasteiger partial charge < -0.3 is 15.0 Å². The Bertz CT molecular complexity index is 446. The van der Waals surface area contributed by atoms with Gasteiger partial charge in [0.15, 0.2) is 0 Å². The quantitative estimate of drug-likeness (QED) is 0.637. The van der Waals surface area contributed by atoms with Crippen molar-refractivity contribution >= 4 is 16.0 Å². The Hall–Kier alpha value is -0.700. The smallest absolute Gasteiger partial charge is 0.325 e. The Morgan fingerprint density at radius 1 is 1.29 bits per heavy atom. The number of carbonyl (C=O) groups is 1. The molecule has 1 fully saturated rings. The van der Waals surface area contributed by atoms with Gasteiger partial charge in [0, 0.05) is 26.2 Å². The number of likely N-dealkylation sites (N-methyl/N-ethyl adjacent to an activating group) is 1. The van der Waals surface area contributed by atoms with Crippen molar-refractivity contribution in [3.05, 3.63) is 0 Å². The molecule has 0 spiro atoms. The van der Waals surface area contributed by atoms with Crippen LogP contribution in [0.2, 0.25) is 0 Å². The number of sulfonamides is 1. The van der Waals surface area contributed by atoms with Gasteiger partial charge in [0.25, 0.3) is 0 Å². The molecule has 0 aliphatic carbocycles. The molecule has 1 rings (SSSR count). The standard InChI is InChI=1S/C13H27N3O4S/c1-13(14-2,12(17)20-3)6-5-7-15-8-10-16(11-9-15)21(4,18)19/h14H,5-11H2,1-4H3. The number of esters is 1. The van der Waals surface area contributed by atoms with Crippen molar-refractivity contribution in [1.29, 1.82) is 0 Å². The average Bonchev–Trinajstić information content (AvgIpc) is 2.45. The molecule has 1 heterocycles. The van der Waals surface area contributed by atoms with E-state index in [1.165, 1.54) is 17.7 Å². The Balaban J connectivity index is 2.36. The number of methoxy groups -OCH3 is 1. The summed E-state index contributed by atoms with van der Waals surface area (Å²) in [7, 11) is 0.0668. The summed E-state index contributed by atoms with van der Waals surface area (Å²) in [4.78, 5) is 14.0. The van der Waals surface area contributed by atoms with Crippen LogP contribution in [-0.4, -0.2) is 82.3 Å². The van der Waals surface area contributed by atoms with E-state index >= 15 is 0 Å². The van der Waals surface area contributed by atoms with Gasteiger partial charge in [0.05, 0.1) is 13.4 Å². The van der Waals surface area contributed by atoms with E-state index in [-0.39, 0.29) is 5.97 Å². The third kappa shape index (κ3) is 5.21. The molecule has 0 aromatic rings. The molecule has 124 valence electrons. The number of hydrogen-bond donors (Lipinski definition) is 1. The van der Waals surface area contributed by atoms with Crippen molar-refractivity contribution in [2.75, 3.05) is 53.1 Å². The van der Waals surface area contributed by atoms with Crippen LogP contribution < -0.4 is 5.32 Å². The second kappa shape index (κ2) is 7.53. The molecule has 21 heavy (non-hydrogen) atoms. The molecule has 0 aromatic heterocycles. The molecule has 0 aromatic carbocycles. The highest BCUT2D eigenvalue weighted by Crippen LogP contribution is 2.15. The Kier molecular flexibility index (Phi) is 6.58. The summed E-state index contributed by atoms with van der Waals surface area (Å²) in [6.45, 7) is 5.24. The largest absolute Gasteiger partial charge is 0.468 e. The normalized spacial score (nSPS) is 21.0. The third-order valence-corrected chi connectivity index (χ3v) is 5.44. The maximum atomic E-state index is 11.7. The molecule has 0 radical (unpaired) electrons. The second-order valence-electron chi connectivity index (χ2n) is 5.68. The first-order chi connectivity index (χ1) is 9.73. The average molecular weight is 321 g/mol. The molecule has 1 N–H and O–H groups in total. The van der Waals surface area contributed by atoms with Crippen LogP contribution >= 0.6 is 0 Å². The molecule has 0 amide bonds. The number of piperazine rings is 1. The zero-order chi connectivity index (χ0) is 16.1. The molecular weight excluding hydrogens is 294 g/mol. The molecule has 7 nitrogen and oxygen atoms in total. The topological polar surface area (TPSA) is 79.0 Å². The second-order valence-corrected chi connectivity index (χ2v) is 7.66. The summed E-state index contributed by atoms with van der Waals surface area (Å²) < 4.78 is 29.2. The summed E-state index contributed by atoms with van der Waals surface area (Å²) >= 11 is 0. The molecule has 1 saturated heterocycles. The minimum Gasteiger partial charge on any atom is -0.468 e. The van der Waals surface area contributed by atoms with Crippen LogP contribution in [0.4, 0.5) is 0 Å². The molecular formula is C13H27N3O4S. The predicted molar refractivity (Wildman–Crippen MR) is 81.6 cm³/mol. The fraction of sp³-hybridized carbons (Fsp3) is 0.923. The van der Waals surface area contributed by atoms with Crippen LogP contribution in [0.5, 0.6) is 0 Å². The van der Waals surface area contributed by atoms with Crippen molar-refractivity contribution < 1.29 is 17.9 Å². The van der Waals surface area contributed by atoms with E-state index in [1.54, 1.807) is 7.05 Å². The van der Waals surface area contributed by atoms with Gasteiger partial charge in [-0.05, 0) is 33.4 Å². The number of hydrogen-bond acceptors (Lipinski definition) is 6. The number of rotatable bonds is 7. The number of nitrogens with zero attached hydrogens (tertiary/aromatic N) is 2. The highest BCUT2D eigenvalue weighted by molar-refractivity contribution is 7.88. The van der Waals surface area contributed by atoms with Crippen LogP contribution in [0.15, 0.2) is 0 Å². The van der Waals surface area contributed by atoms with Crippen LogP contribution in [0, 0.1) is 0 Å². The van der Waals surface area contributed by atoms with E-state index in [2.05, 4.69) is 10.2 Å². The molecule has 1 unspecified atom stereocenters. The van der Waals surface area contributed by atoms with Crippen LogP contribution in [0.1, 0.15) is 19.8 Å². The molecule has 0 saturated carbocycles. The third-order valence-electron chi connectivity index (χ3n) is 4.14. The fourth-order valence-corrected chi connectivity index (χ4v) is 3.32. The van der Waals surface area contributed by atoms with E-state index in [0.717, 1.165) is 26.1 Å². The Morgan fingerprint density at radius 2 is 1.86 bits per heavy atom. The lowest BCUT2D eigenvalue weighted by molar-refractivity contribution is -0.148. The highest BCUT2D eigenvalue weighted by Gasteiger charge is 2.32. The number of nitrogens with one attached hydrogen (secondary N) is 1. The first-order valence-corrected chi connectivity index (χ1v) is 9.02. The van der Waals surface area contributed by atoms with E-state index in [9.17, 15) is 13.2 Å². The summed E-state index contributed by atoms with van der Waals surface area (Å²) in [5.74, 6) is -0.258. The van der Waals surface area contributed by atoms with E-state index in [0.29, 0.717) is 19.5 Å². The van der Waals surface area contributed by atoms with Gasteiger partial charge in [-0.25, -0.2) is 8.42 Å². The SMILES string of the molecule is CNC(C)(CCCN1CCN(S(C)(=O)=O)CC1)C(=O)OC. The highest BCUT2D eigenvalue weighted by atomic mass is 32.2. The van der Waals surface area contributed by atoms with Gasteiger partial charge in [0.1, 0.15) is 5.54 Å². The van der Waals surface area contributed by atoms with Crippen LogP contribution in [0.25, 0.3) is 0 Å². The van der Waals surface area contributed by atoms with E-state index in [1.807, 2.05) is 6.92 Å². The Labute approximate surface area is 127 Å². The summed E-state index contributed by atoms with van der Waals surface area (Å²) in [6.07, 6.45) is 2.78. The van der Waals surface area contributed by atoms with Gasteiger partial charge in [0.2, 0.25) is 10.0 Å².